The number of rotatable bonds is 4. The quantitative estimate of drug-likeness (QED) is 0.919. The van der Waals surface area contributed by atoms with Crippen molar-refractivity contribution in [3.05, 3.63) is 51.7 Å². The summed E-state index contributed by atoms with van der Waals surface area (Å²) in [4.78, 5) is 4.09. The number of para-hydroxylation sites is 1. The highest BCUT2D eigenvalue weighted by molar-refractivity contribution is 7.10. The van der Waals surface area contributed by atoms with E-state index in [9.17, 15) is 0 Å². The summed E-state index contributed by atoms with van der Waals surface area (Å²) < 4.78 is 0. The van der Waals surface area contributed by atoms with Gasteiger partial charge in [-0.05, 0) is 35.1 Å². The fourth-order valence-electron chi connectivity index (χ4n) is 2.74. The van der Waals surface area contributed by atoms with E-state index in [4.69, 9.17) is 0 Å². The van der Waals surface area contributed by atoms with Gasteiger partial charge in [-0.3, -0.25) is 0 Å². The summed E-state index contributed by atoms with van der Waals surface area (Å²) >= 11 is 1.90. The molecule has 0 radical (unpaired) electrons. The molecule has 20 heavy (non-hydrogen) atoms. The van der Waals surface area contributed by atoms with Gasteiger partial charge in [0.2, 0.25) is 0 Å². The monoisotopic (exact) mass is 286 g/mol. The van der Waals surface area contributed by atoms with Crippen molar-refractivity contribution < 1.29 is 0 Å². The number of benzene rings is 1. The molecule has 106 valence electrons. The Morgan fingerprint density at radius 3 is 2.95 bits per heavy atom. The number of thiophene rings is 1. The molecular formula is C17H22N2S. The predicted octanol–water partition coefficient (Wildman–Crippen LogP) is 3.81. The highest BCUT2D eigenvalue weighted by Gasteiger charge is 2.19. The van der Waals surface area contributed by atoms with Crippen LogP contribution in [0.4, 0.5) is 5.69 Å². The van der Waals surface area contributed by atoms with Crippen LogP contribution in [-0.4, -0.2) is 12.6 Å². The molecular weight excluding hydrogens is 264 g/mol. The summed E-state index contributed by atoms with van der Waals surface area (Å²) in [5.41, 5.74) is 4.30. The summed E-state index contributed by atoms with van der Waals surface area (Å²) in [5, 5.41) is 5.75. The van der Waals surface area contributed by atoms with Crippen LogP contribution in [0, 0.1) is 0 Å². The van der Waals surface area contributed by atoms with Gasteiger partial charge in [0.05, 0.1) is 0 Å². The van der Waals surface area contributed by atoms with E-state index in [-0.39, 0.29) is 0 Å². The van der Waals surface area contributed by atoms with Crippen molar-refractivity contribution in [3.63, 3.8) is 0 Å². The molecule has 1 aliphatic rings. The van der Waals surface area contributed by atoms with Crippen LogP contribution in [0.25, 0.3) is 0 Å². The van der Waals surface area contributed by atoms with Gasteiger partial charge in [-0.1, -0.05) is 32.0 Å². The van der Waals surface area contributed by atoms with Crippen molar-refractivity contribution in [1.82, 2.24) is 5.32 Å². The Bertz CT molecular complexity index is 574. The van der Waals surface area contributed by atoms with Crippen molar-refractivity contribution in [1.29, 1.82) is 0 Å². The highest BCUT2D eigenvalue weighted by Crippen LogP contribution is 2.29. The minimum Gasteiger partial charge on any atom is -0.367 e. The number of hydrogen-bond donors (Lipinski definition) is 1. The van der Waals surface area contributed by atoms with Crippen LogP contribution in [0.3, 0.4) is 0 Å². The van der Waals surface area contributed by atoms with Crippen LogP contribution < -0.4 is 10.2 Å². The molecule has 0 bridgehead atoms. The maximum Gasteiger partial charge on any atom is 0.0440 e. The topological polar surface area (TPSA) is 15.3 Å². The number of nitrogens with one attached hydrogen (secondary N) is 1. The first-order valence-electron chi connectivity index (χ1n) is 7.35. The number of hydrogen-bond acceptors (Lipinski definition) is 3. The Labute approximate surface area is 125 Å². The van der Waals surface area contributed by atoms with Gasteiger partial charge in [-0.2, -0.15) is 0 Å². The van der Waals surface area contributed by atoms with E-state index >= 15 is 0 Å². The van der Waals surface area contributed by atoms with E-state index in [1.807, 2.05) is 11.3 Å². The van der Waals surface area contributed by atoms with Crippen molar-refractivity contribution in [2.45, 2.75) is 39.4 Å². The van der Waals surface area contributed by atoms with Crippen LogP contribution in [0.2, 0.25) is 0 Å². The average Bonchev–Trinajstić information content (AvgIpc) is 2.92. The van der Waals surface area contributed by atoms with Crippen LogP contribution in [0.1, 0.15) is 29.9 Å². The van der Waals surface area contributed by atoms with Gasteiger partial charge < -0.3 is 10.2 Å². The zero-order valence-electron chi connectivity index (χ0n) is 12.2. The van der Waals surface area contributed by atoms with Gasteiger partial charge in [-0.25, -0.2) is 0 Å². The molecule has 0 spiro atoms. The Morgan fingerprint density at radius 1 is 1.25 bits per heavy atom. The largest absolute Gasteiger partial charge is 0.367 e. The van der Waals surface area contributed by atoms with Gasteiger partial charge in [0, 0.05) is 36.2 Å². The van der Waals surface area contributed by atoms with Gasteiger partial charge >= 0.3 is 0 Å². The summed E-state index contributed by atoms with van der Waals surface area (Å²) in [5.74, 6) is 0. The standard InChI is InChI=1S/C17H22N2S/c1-13(2)18-11-14-5-3-4-6-16(14)19-9-7-17-15(12-19)8-10-20-17/h3-6,8,10,13,18H,7,9,11-12H2,1-2H3. The van der Waals surface area contributed by atoms with E-state index in [2.05, 4.69) is 59.8 Å². The third-order valence-electron chi connectivity index (χ3n) is 3.84. The molecule has 0 amide bonds. The number of fused-ring (bicyclic) bond motifs is 1. The normalized spacial score (nSPS) is 14.7. The molecule has 1 aromatic carbocycles. The van der Waals surface area contributed by atoms with Crippen LogP contribution >= 0.6 is 11.3 Å². The number of nitrogens with zero attached hydrogens (tertiary/aromatic N) is 1. The molecule has 2 heterocycles. The van der Waals surface area contributed by atoms with Gasteiger partial charge in [0.1, 0.15) is 0 Å². The molecule has 1 N–H and O–H groups in total. The number of anilines is 1. The van der Waals surface area contributed by atoms with Crippen LogP contribution in [0.5, 0.6) is 0 Å². The van der Waals surface area contributed by atoms with Gasteiger partial charge in [0.25, 0.3) is 0 Å². The lowest BCUT2D eigenvalue weighted by Gasteiger charge is -2.31. The summed E-state index contributed by atoms with van der Waals surface area (Å²) in [7, 11) is 0. The van der Waals surface area contributed by atoms with Crippen LogP contribution in [0.15, 0.2) is 35.7 Å². The van der Waals surface area contributed by atoms with E-state index in [0.717, 1.165) is 19.6 Å². The molecule has 0 saturated carbocycles. The smallest absolute Gasteiger partial charge is 0.0440 e. The third kappa shape index (κ3) is 2.89. The van der Waals surface area contributed by atoms with Crippen molar-refractivity contribution in [3.8, 4) is 0 Å². The minimum atomic E-state index is 0.521. The second-order valence-electron chi connectivity index (χ2n) is 5.70. The third-order valence-corrected chi connectivity index (χ3v) is 4.86. The Hall–Kier alpha value is -1.32. The minimum absolute atomic E-state index is 0.521. The molecule has 3 heteroatoms. The van der Waals surface area contributed by atoms with E-state index in [0.29, 0.717) is 6.04 Å². The fourth-order valence-corrected chi connectivity index (χ4v) is 3.63. The molecule has 1 aliphatic heterocycles. The average molecular weight is 286 g/mol. The van der Waals surface area contributed by atoms with E-state index in [1.165, 1.54) is 23.2 Å². The molecule has 0 saturated heterocycles. The lowest BCUT2D eigenvalue weighted by molar-refractivity contribution is 0.587. The van der Waals surface area contributed by atoms with Gasteiger partial charge in [0.15, 0.2) is 0 Å². The van der Waals surface area contributed by atoms with E-state index < -0.39 is 0 Å². The molecule has 2 aromatic rings. The second kappa shape index (κ2) is 5.98. The summed E-state index contributed by atoms with van der Waals surface area (Å²) in [6, 6.07) is 11.6. The zero-order chi connectivity index (χ0) is 13.9. The maximum absolute atomic E-state index is 3.53. The molecule has 2 nitrogen and oxygen atoms in total. The summed E-state index contributed by atoms with van der Waals surface area (Å²) in [6.45, 7) is 7.52. The van der Waals surface area contributed by atoms with Crippen LogP contribution in [-0.2, 0) is 19.5 Å². The fraction of sp³-hybridized carbons (Fsp3) is 0.412. The van der Waals surface area contributed by atoms with E-state index in [1.54, 1.807) is 4.88 Å². The molecule has 1 aromatic heterocycles. The van der Waals surface area contributed by atoms with Crippen molar-refractivity contribution in [2.75, 3.05) is 11.4 Å². The molecule has 0 fully saturated rings. The first-order valence-corrected chi connectivity index (χ1v) is 8.23. The SMILES string of the molecule is CC(C)NCc1ccccc1N1CCc2sccc2C1. The van der Waals surface area contributed by atoms with Crippen molar-refractivity contribution in [2.24, 2.45) is 0 Å². The molecule has 3 rings (SSSR count). The molecule has 0 unspecified atom stereocenters. The molecule has 0 aliphatic carbocycles. The first kappa shape index (κ1) is 13.7. The van der Waals surface area contributed by atoms with Gasteiger partial charge in [-0.15, -0.1) is 11.3 Å². The Morgan fingerprint density at radius 2 is 2.10 bits per heavy atom. The predicted molar refractivity (Wildman–Crippen MR) is 87.5 cm³/mol. The van der Waals surface area contributed by atoms with Crippen molar-refractivity contribution >= 4 is 17.0 Å². The lowest BCUT2D eigenvalue weighted by Crippen LogP contribution is -2.31. The second-order valence-corrected chi connectivity index (χ2v) is 6.71. The zero-order valence-corrected chi connectivity index (χ0v) is 13.0. The Balaban J connectivity index is 1.80. The highest BCUT2D eigenvalue weighted by atomic mass is 32.1. The maximum atomic E-state index is 3.53. The Kier molecular flexibility index (Phi) is 4.08. The summed E-state index contributed by atoms with van der Waals surface area (Å²) in [6.07, 6.45) is 1.18. The molecule has 0 atom stereocenters. The lowest BCUT2D eigenvalue weighted by atomic mass is 10.1. The first-order chi connectivity index (χ1) is 9.74.